The lowest BCUT2D eigenvalue weighted by atomic mass is 10.1. The Morgan fingerprint density at radius 3 is 2.19 bits per heavy atom. The normalized spacial score (nSPS) is 11.6. The molecule has 0 radical (unpaired) electrons. The standard InChI is InChI=1S/C22H32N4O4S.HI/c1-16(2)26-31(27,28)15-19-9-7-6-8-18(19)14-25-22(23-3)24-13-17-10-11-20(29-4)21(12-17)30-5;/h6-12,16,26H,13-15H2,1-5H3,(H2,23,24,25);1H. The summed E-state index contributed by atoms with van der Waals surface area (Å²) >= 11 is 0. The number of hydrogen-bond acceptors (Lipinski definition) is 5. The molecule has 2 rings (SSSR count). The van der Waals surface area contributed by atoms with Gasteiger partial charge in [0, 0.05) is 26.2 Å². The van der Waals surface area contributed by atoms with E-state index in [1.165, 1.54) is 0 Å². The molecule has 2 aromatic rings. The Bertz CT molecular complexity index is 997. The van der Waals surface area contributed by atoms with Gasteiger partial charge < -0.3 is 20.1 Å². The number of aliphatic imine (C=N–C) groups is 1. The molecule has 8 nitrogen and oxygen atoms in total. The second kappa shape index (κ2) is 13.5. The highest BCUT2D eigenvalue weighted by Crippen LogP contribution is 2.27. The zero-order valence-corrected chi connectivity index (χ0v) is 22.3. The van der Waals surface area contributed by atoms with Crippen LogP contribution in [0.2, 0.25) is 0 Å². The molecular formula is C22H33IN4O4S. The minimum Gasteiger partial charge on any atom is -0.493 e. The van der Waals surface area contributed by atoms with Gasteiger partial charge in [-0.05, 0) is 42.7 Å². The summed E-state index contributed by atoms with van der Waals surface area (Å²) in [5.41, 5.74) is 2.65. The molecular weight excluding hydrogens is 543 g/mol. The molecule has 0 aromatic heterocycles. The zero-order valence-electron chi connectivity index (χ0n) is 19.1. The maximum absolute atomic E-state index is 12.3. The molecule has 2 aromatic carbocycles. The van der Waals surface area contributed by atoms with E-state index in [0.717, 1.165) is 16.7 Å². The molecule has 0 spiro atoms. The van der Waals surface area contributed by atoms with Crippen molar-refractivity contribution in [3.8, 4) is 11.5 Å². The Morgan fingerprint density at radius 1 is 0.969 bits per heavy atom. The number of rotatable bonds is 10. The summed E-state index contributed by atoms with van der Waals surface area (Å²) in [6, 6.07) is 13.0. The van der Waals surface area contributed by atoms with Crippen LogP contribution in [0.3, 0.4) is 0 Å². The first-order chi connectivity index (χ1) is 14.8. The Hall–Kier alpha value is -2.05. The highest BCUT2D eigenvalue weighted by molar-refractivity contribution is 14.0. The van der Waals surface area contributed by atoms with Crippen molar-refractivity contribution in [2.75, 3.05) is 21.3 Å². The molecule has 32 heavy (non-hydrogen) atoms. The fourth-order valence-corrected chi connectivity index (χ4v) is 4.54. The van der Waals surface area contributed by atoms with Crippen LogP contribution in [0.5, 0.6) is 11.5 Å². The van der Waals surface area contributed by atoms with Gasteiger partial charge in [0.15, 0.2) is 17.5 Å². The third-order valence-electron chi connectivity index (χ3n) is 4.46. The number of benzene rings is 2. The third kappa shape index (κ3) is 8.83. The molecule has 3 N–H and O–H groups in total. The SMILES string of the molecule is CN=C(NCc1ccc(OC)c(OC)c1)NCc1ccccc1CS(=O)(=O)NC(C)C.I. The summed E-state index contributed by atoms with van der Waals surface area (Å²) in [6.45, 7) is 4.59. The molecule has 10 heteroatoms. The van der Waals surface area contributed by atoms with Crippen LogP contribution in [0.15, 0.2) is 47.5 Å². The molecule has 0 amide bonds. The Labute approximate surface area is 208 Å². The van der Waals surface area contributed by atoms with Gasteiger partial charge in [-0.25, -0.2) is 13.1 Å². The van der Waals surface area contributed by atoms with Crippen LogP contribution in [0.4, 0.5) is 0 Å². The van der Waals surface area contributed by atoms with Gasteiger partial charge in [-0.15, -0.1) is 24.0 Å². The van der Waals surface area contributed by atoms with Crippen molar-refractivity contribution in [1.82, 2.24) is 15.4 Å². The van der Waals surface area contributed by atoms with Gasteiger partial charge in [-0.2, -0.15) is 0 Å². The number of halogens is 1. The van der Waals surface area contributed by atoms with E-state index in [4.69, 9.17) is 9.47 Å². The van der Waals surface area contributed by atoms with E-state index in [-0.39, 0.29) is 35.8 Å². The van der Waals surface area contributed by atoms with Crippen LogP contribution in [0.1, 0.15) is 30.5 Å². The van der Waals surface area contributed by atoms with Gasteiger partial charge in [0.05, 0.1) is 20.0 Å². The highest BCUT2D eigenvalue weighted by Gasteiger charge is 2.15. The van der Waals surface area contributed by atoms with Crippen molar-refractivity contribution in [1.29, 1.82) is 0 Å². The Balaban J connectivity index is 0.00000512. The van der Waals surface area contributed by atoms with Crippen LogP contribution in [0.25, 0.3) is 0 Å². The average molecular weight is 577 g/mol. The summed E-state index contributed by atoms with van der Waals surface area (Å²) < 4.78 is 37.9. The molecule has 0 atom stereocenters. The van der Waals surface area contributed by atoms with Gasteiger partial charge in [-0.1, -0.05) is 30.3 Å². The van der Waals surface area contributed by atoms with Gasteiger partial charge >= 0.3 is 0 Å². The number of nitrogens with one attached hydrogen (secondary N) is 3. The van der Waals surface area contributed by atoms with Crippen molar-refractivity contribution in [3.63, 3.8) is 0 Å². The van der Waals surface area contributed by atoms with Crippen LogP contribution < -0.4 is 24.8 Å². The molecule has 0 heterocycles. The van der Waals surface area contributed by atoms with E-state index in [9.17, 15) is 8.42 Å². The Morgan fingerprint density at radius 2 is 1.59 bits per heavy atom. The van der Waals surface area contributed by atoms with Gasteiger partial charge in [-0.3, -0.25) is 4.99 Å². The molecule has 0 saturated heterocycles. The number of sulfonamides is 1. The lowest BCUT2D eigenvalue weighted by Gasteiger charge is -2.16. The summed E-state index contributed by atoms with van der Waals surface area (Å²) in [5.74, 6) is 1.87. The van der Waals surface area contributed by atoms with Crippen molar-refractivity contribution < 1.29 is 17.9 Å². The van der Waals surface area contributed by atoms with Gasteiger partial charge in [0.2, 0.25) is 10.0 Å². The summed E-state index contributed by atoms with van der Waals surface area (Å²) in [7, 11) is 1.48. The minimum absolute atomic E-state index is 0. The molecule has 0 aliphatic rings. The predicted molar refractivity (Wildman–Crippen MR) is 139 cm³/mol. The fraction of sp³-hybridized carbons (Fsp3) is 0.409. The van der Waals surface area contributed by atoms with Crippen LogP contribution >= 0.6 is 24.0 Å². The maximum atomic E-state index is 12.3. The highest BCUT2D eigenvalue weighted by atomic mass is 127. The topological polar surface area (TPSA) is 101 Å². The molecule has 0 saturated carbocycles. The maximum Gasteiger partial charge on any atom is 0.216 e. The minimum atomic E-state index is -3.40. The number of guanidine groups is 1. The van der Waals surface area contributed by atoms with E-state index >= 15 is 0 Å². The predicted octanol–water partition coefficient (Wildman–Crippen LogP) is 3.01. The fourth-order valence-electron chi connectivity index (χ4n) is 3.05. The lowest BCUT2D eigenvalue weighted by molar-refractivity contribution is 0.354. The smallest absolute Gasteiger partial charge is 0.216 e. The molecule has 178 valence electrons. The summed E-state index contributed by atoms with van der Waals surface area (Å²) in [4.78, 5) is 4.25. The number of methoxy groups -OCH3 is 2. The first-order valence-electron chi connectivity index (χ1n) is 10.00. The monoisotopic (exact) mass is 576 g/mol. The van der Waals surface area contributed by atoms with Crippen LogP contribution in [-0.2, 0) is 28.9 Å². The Kier molecular flexibility index (Phi) is 11.8. The molecule has 0 aliphatic heterocycles. The third-order valence-corrected chi connectivity index (χ3v) is 5.98. The van der Waals surface area contributed by atoms with E-state index in [1.54, 1.807) is 35.1 Å². The van der Waals surface area contributed by atoms with E-state index in [1.807, 2.05) is 42.5 Å². The second-order valence-electron chi connectivity index (χ2n) is 7.27. The van der Waals surface area contributed by atoms with E-state index in [2.05, 4.69) is 20.3 Å². The molecule has 0 bridgehead atoms. The summed E-state index contributed by atoms with van der Waals surface area (Å²) in [5, 5.41) is 6.49. The summed E-state index contributed by atoms with van der Waals surface area (Å²) in [6.07, 6.45) is 0. The van der Waals surface area contributed by atoms with Crippen LogP contribution in [0, 0.1) is 0 Å². The second-order valence-corrected chi connectivity index (χ2v) is 9.02. The molecule has 0 aliphatic carbocycles. The largest absolute Gasteiger partial charge is 0.493 e. The molecule has 0 unspecified atom stereocenters. The average Bonchev–Trinajstić information content (AvgIpc) is 2.73. The molecule has 0 fully saturated rings. The van der Waals surface area contributed by atoms with Crippen molar-refractivity contribution >= 4 is 40.0 Å². The van der Waals surface area contributed by atoms with Crippen molar-refractivity contribution in [3.05, 3.63) is 59.2 Å². The first kappa shape index (κ1) is 28.0. The zero-order chi connectivity index (χ0) is 22.9. The first-order valence-corrected chi connectivity index (χ1v) is 11.7. The number of nitrogens with zero attached hydrogens (tertiary/aromatic N) is 1. The van der Waals surface area contributed by atoms with Gasteiger partial charge in [0.1, 0.15) is 0 Å². The van der Waals surface area contributed by atoms with E-state index in [0.29, 0.717) is 30.5 Å². The number of ether oxygens (including phenoxy) is 2. The lowest BCUT2D eigenvalue weighted by Crippen LogP contribution is -2.36. The van der Waals surface area contributed by atoms with Crippen molar-refractivity contribution in [2.45, 2.75) is 38.7 Å². The van der Waals surface area contributed by atoms with Crippen molar-refractivity contribution in [2.24, 2.45) is 4.99 Å². The quantitative estimate of drug-likeness (QED) is 0.229. The van der Waals surface area contributed by atoms with Crippen LogP contribution in [-0.4, -0.2) is 41.7 Å². The van der Waals surface area contributed by atoms with Gasteiger partial charge in [0.25, 0.3) is 0 Å². The number of hydrogen-bond donors (Lipinski definition) is 3. The van der Waals surface area contributed by atoms with E-state index < -0.39 is 10.0 Å².